The monoisotopic (exact) mass is 290 g/mol. The van der Waals surface area contributed by atoms with Crippen LogP contribution in [0.2, 0.25) is 0 Å². The number of para-hydroxylation sites is 2. The molecule has 1 fully saturated rings. The fourth-order valence-corrected chi connectivity index (χ4v) is 2.75. The van der Waals surface area contributed by atoms with Gasteiger partial charge in [0, 0.05) is 6.54 Å². The Labute approximate surface area is 127 Å². The minimum atomic E-state index is 0.0584. The van der Waals surface area contributed by atoms with E-state index < -0.39 is 0 Å². The number of nitrogens with two attached hydrogens (primary N) is 1. The molecule has 0 spiro atoms. The van der Waals surface area contributed by atoms with Crippen molar-refractivity contribution in [1.82, 2.24) is 5.32 Å². The highest BCUT2D eigenvalue weighted by Gasteiger charge is 2.18. The summed E-state index contributed by atoms with van der Waals surface area (Å²) in [4.78, 5) is 11.8. The topological polar surface area (TPSA) is 64.3 Å². The van der Waals surface area contributed by atoms with Crippen molar-refractivity contribution in [3.63, 3.8) is 0 Å². The molecule has 0 atom stereocenters. The van der Waals surface area contributed by atoms with Crippen molar-refractivity contribution in [3.8, 4) is 5.75 Å². The number of nitrogens with one attached hydrogen (secondary N) is 1. The van der Waals surface area contributed by atoms with E-state index in [4.69, 9.17) is 10.5 Å². The summed E-state index contributed by atoms with van der Waals surface area (Å²) in [6.07, 6.45) is 5.42. The highest BCUT2D eigenvalue weighted by molar-refractivity contribution is 5.76. The average Bonchev–Trinajstić information content (AvgIpc) is 2.49. The second-order valence-corrected chi connectivity index (χ2v) is 6.07. The highest BCUT2D eigenvalue weighted by atomic mass is 16.5. The quantitative estimate of drug-likeness (QED) is 0.792. The number of rotatable bonds is 6. The van der Waals surface area contributed by atoms with Crippen molar-refractivity contribution in [1.29, 1.82) is 0 Å². The van der Waals surface area contributed by atoms with Crippen molar-refractivity contribution < 1.29 is 9.53 Å². The molecule has 116 valence electrons. The number of hydrogen-bond acceptors (Lipinski definition) is 3. The summed E-state index contributed by atoms with van der Waals surface area (Å²) < 4.78 is 5.53. The van der Waals surface area contributed by atoms with Crippen molar-refractivity contribution >= 4 is 11.6 Å². The third-order valence-electron chi connectivity index (χ3n) is 4.23. The summed E-state index contributed by atoms with van der Waals surface area (Å²) in [6.45, 7) is 3.47. The number of ether oxygens (including phenoxy) is 1. The molecular weight excluding hydrogens is 264 g/mol. The zero-order valence-corrected chi connectivity index (χ0v) is 12.8. The maximum Gasteiger partial charge on any atom is 0.223 e. The van der Waals surface area contributed by atoms with E-state index in [2.05, 4.69) is 12.2 Å². The molecule has 1 aromatic rings. The van der Waals surface area contributed by atoms with Crippen LogP contribution in [0.5, 0.6) is 5.75 Å². The van der Waals surface area contributed by atoms with Crippen LogP contribution in [0.15, 0.2) is 24.3 Å². The maximum atomic E-state index is 11.8. The number of carbonyl (C=O) groups excluding carboxylic acids is 1. The van der Waals surface area contributed by atoms with Crippen LogP contribution >= 0.6 is 0 Å². The van der Waals surface area contributed by atoms with Gasteiger partial charge in [0.2, 0.25) is 5.91 Å². The second-order valence-electron chi connectivity index (χ2n) is 6.07. The lowest BCUT2D eigenvalue weighted by Gasteiger charge is -2.26. The third kappa shape index (κ3) is 5.29. The molecule has 0 heterocycles. The van der Waals surface area contributed by atoms with E-state index in [-0.39, 0.29) is 5.91 Å². The van der Waals surface area contributed by atoms with Crippen LogP contribution in [-0.4, -0.2) is 19.1 Å². The van der Waals surface area contributed by atoms with Crippen molar-refractivity contribution in [2.24, 2.45) is 11.8 Å². The third-order valence-corrected chi connectivity index (χ3v) is 4.23. The number of carbonyl (C=O) groups is 1. The molecule has 2 rings (SSSR count). The van der Waals surface area contributed by atoms with Crippen molar-refractivity contribution in [2.45, 2.75) is 39.0 Å². The predicted octanol–water partition coefficient (Wildman–Crippen LogP) is 2.98. The summed E-state index contributed by atoms with van der Waals surface area (Å²) >= 11 is 0. The molecule has 4 nitrogen and oxygen atoms in total. The van der Waals surface area contributed by atoms with Crippen molar-refractivity contribution in [2.75, 3.05) is 18.9 Å². The molecule has 21 heavy (non-hydrogen) atoms. The molecule has 1 aromatic carbocycles. The average molecular weight is 290 g/mol. The molecule has 1 saturated carbocycles. The first-order valence-electron chi connectivity index (χ1n) is 7.89. The minimum Gasteiger partial charge on any atom is -0.491 e. The van der Waals surface area contributed by atoms with Gasteiger partial charge in [0.25, 0.3) is 0 Å². The summed E-state index contributed by atoms with van der Waals surface area (Å²) in [5, 5.41) is 3.02. The molecule has 0 bridgehead atoms. The van der Waals surface area contributed by atoms with Gasteiger partial charge in [-0.15, -0.1) is 0 Å². The van der Waals surface area contributed by atoms with E-state index in [0.29, 0.717) is 30.4 Å². The first-order chi connectivity index (χ1) is 10.1. The van der Waals surface area contributed by atoms with Gasteiger partial charge in [-0.25, -0.2) is 0 Å². The lowest BCUT2D eigenvalue weighted by atomic mass is 9.83. The predicted molar refractivity (Wildman–Crippen MR) is 85.1 cm³/mol. The lowest BCUT2D eigenvalue weighted by Crippen LogP contribution is -2.31. The largest absolute Gasteiger partial charge is 0.491 e. The van der Waals surface area contributed by atoms with E-state index >= 15 is 0 Å². The smallest absolute Gasteiger partial charge is 0.223 e. The van der Waals surface area contributed by atoms with E-state index in [0.717, 1.165) is 12.5 Å². The molecule has 1 aliphatic rings. The Morgan fingerprint density at radius 3 is 2.71 bits per heavy atom. The van der Waals surface area contributed by atoms with Crippen molar-refractivity contribution in [3.05, 3.63) is 24.3 Å². The summed E-state index contributed by atoms with van der Waals surface area (Å²) in [7, 11) is 0. The Balaban J connectivity index is 1.61. The molecular formula is C17H26N2O2. The first-order valence-corrected chi connectivity index (χ1v) is 7.89. The summed E-state index contributed by atoms with van der Waals surface area (Å²) in [6, 6.07) is 7.34. The summed E-state index contributed by atoms with van der Waals surface area (Å²) in [5.41, 5.74) is 6.39. The summed E-state index contributed by atoms with van der Waals surface area (Å²) in [5.74, 6) is 2.20. The van der Waals surface area contributed by atoms with Crippen LogP contribution in [0, 0.1) is 11.8 Å². The maximum absolute atomic E-state index is 11.8. The van der Waals surface area contributed by atoms with Gasteiger partial charge in [-0.3, -0.25) is 4.79 Å². The van der Waals surface area contributed by atoms with E-state index in [1.165, 1.54) is 25.7 Å². The zero-order valence-electron chi connectivity index (χ0n) is 12.8. The second kappa shape index (κ2) is 7.91. The zero-order chi connectivity index (χ0) is 15.1. The van der Waals surface area contributed by atoms with Crippen LogP contribution in [-0.2, 0) is 4.79 Å². The molecule has 0 unspecified atom stereocenters. The van der Waals surface area contributed by atoms with Gasteiger partial charge >= 0.3 is 0 Å². The molecule has 3 N–H and O–H groups in total. The lowest BCUT2D eigenvalue weighted by molar-refractivity contribution is -0.121. The van der Waals surface area contributed by atoms with Gasteiger partial charge in [0.15, 0.2) is 0 Å². The minimum absolute atomic E-state index is 0.0584. The van der Waals surface area contributed by atoms with Crippen LogP contribution < -0.4 is 15.8 Å². The molecule has 1 aliphatic carbocycles. The van der Waals surface area contributed by atoms with E-state index in [1.807, 2.05) is 18.2 Å². The Morgan fingerprint density at radius 1 is 1.29 bits per heavy atom. The molecule has 0 saturated heterocycles. The highest BCUT2D eigenvalue weighted by Crippen LogP contribution is 2.27. The Bertz CT molecular complexity index is 454. The molecule has 4 heteroatoms. The number of amides is 1. The normalized spacial score (nSPS) is 21.8. The first kappa shape index (κ1) is 15.7. The Hall–Kier alpha value is -1.71. The number of hydrogen-bond donors (Lipinski definition) is 2. The van der Waals surface area contributed by atoms with Gasteiger partial charge < -0.3 is 15.8 Å². The van der Waals surface area contributed by atoms with E-state index in [9.17, 15) is 4.79 Å². The van der Waals surface area contributed by atoms with Crippen LogP contribution in [0.25, 0.3) is 0 Å². The SMILES string of the molecule is CC1CCC(CNC(=O)CCOc2ccccc2N)CC1. The van der Waals surface area contributed by atoms with Crippen LogP contribution in [0.1, 0.15) is 39.0 Å². The molecule has 0 aromatic heterocycles. The molecule has 1 amide bonds. The Kier molecular flexibility index (Phi) is 5.90. The fraction of sp³-hybridized carbons (Fsp3) is 0.588. The van der Waals surface area contributed by atoms with E-state index in [1.54, 1.807) is 6.07 Å². The standard InChI is InChI=1S/C17H26N2O2/c1-13-6-8-14(9-7-13)12-19-17(20)10-11-21-16-5-3-2-4-15(16)18/h2-5,13-14H,6-12,18H2,1H3,(H,19,20). The van der Waals surface area contributed by atoms with Gasteiger partial charge in [0.05, 0.1) is 18.7 Å². The van der Waals surface area contributed by atoms with Gasteiger partial charge in [-0.2, -0.15) is 0 Å². The van der Waals surface area contributed by atoms with Crippen LogP contribution in [0.3, 0.4) is 0 Å². The van der Waals surface area contributed by atoms with Gasteiger partial charge in [0.1, 0.15) is 5.75 Å². The van der Waals surface area contributed by atoms with Gasteiger partial charge in [-0.05, 0) is 36.8 Å². The fourth-order valence-electron chi connectivity index (χ4n) is 2.75. The Morgan fingerprint density at radius 2 is 2.00 bits per heavy atom. The number of anilines is 1. The number of nitrogen functional groups attached to an aromatic ring is 1. The van der Waals surface area contributed by atoms with Gasteiger partial charge in [-0.1, -0.05) is 31.9 Å². The molecule has 0 aliphatic heterocycles. The number of benzene rings is 1. The van der Waals surface area contributed by atoms with Crippen LogP contribution in [0.4, 0.5) is 5.69 Å². The molecule has 0 radical (unpaired) electrons.